The summed E-state index contributed by atoms with van der Waals surface area (Å²) in [6.45, 7) is 0.449. The predicted molar refractivity (Wildman–Crippen MR) is 141 cm³/mol. The van der Waals surface area contributed by atoms with Crippen LogP contribution in [0.2, 0.25) is 0 Å². The normalized spacial score (nSPS) is 11.7. The van der Waals surface area contributed by atoms with Crippen molar-refractivity contribution in [1.82, 2.24) is 9.97 Å². The number of carbonyl (C=O) groups is 2. The van der Waals surface area contributed by atoms with Crippen molar-refractivity contribution in [1.29, 1.82) is 0 Å². The molecule has 1 N–H and O–H groups in total. The van der Waals surface area contributed by atoms with Gasteiger partial charge in [-0.25, -0.2) is 4.98 Å². The maximum Gasteiger partial charge on any atom is 0.304 e. The van der Waals surface area contributed by atoms with Crippen LogP contribution in [0.4, 0.5) is 5.13 Å². The maximum absolute atomic E-state index is 13.3. The lowest BCUT2D eigenvalue weighted by atomic mass is 9.95. The third-order valence-corrected chi connectivity index (χ3v) is 6.75. The summed E-state index contributed by atoms with van der Waals surface area (Å²) < 4.78 is 5.15. The number of hydrogen-bond donors (Lipinski definition) is 1. The molecule has 2 heterocycles. The molecule has 0 bridgehead atoms. The smallest absolute Gasteiger partial charge is 0.304 e. The second-order valence-corrected chi connectivity index (χ2v) is 9.25. The summed E-state index contributed by atoms with van der Waals surface area (Å²) in [5, 5.41) is 11.8. The Morgan fingerprint density at radius 2 is 1.75 bits per heavy atom. The van der Waals surface area contributed by atoms with E-state index in [2.05, 4.69) is 4.98 Å². The molecule has 1 unspecified atom stereocenters. The van der Waals surface area contributed by atoms with Crippen molar-refractivity contribution in [2.75, 3.05) is 19.1 Å². The molecule has 4 rings (SSSR count). The van der Waals surface area contributed by atoms with Crippen LogP contribution in [-0.2, 0) is 27.4 Å². The Morgan fingerprint density at radius 3 is 2.42 bits per heavy atom. The topological polar surface area (TPSA) is 92.6 Å². The molecule has 1 atom stereocenters. The number of ether oxygens (including phenoxy) is 1. The van der Waals surface area contributed by atoms with Gasteiger partial charge in [0.1, 0.15) is 0 Å². The second-order valence-electron chi connectivity index (χ2n) is 8.41. The molecule has 36 heavy (non-hydrogen) atoms. The van der Waals surface area contributed by atoms with Crippen molar-refractivity contribution in [2.24, 2.45) is 5.92 Å². The Morgan fingerprint density at radius 1 is 1.03 bits per heavy atom. The fourth-order valence-electron chi connectivity index (χ4n) is 4.04. The van der Waals surface area contributed by atoms with Gasteiger partial charge >= 0.3 is 5.97 Å². The molecule has 4 aromatic rings. The van der Waals surface area contributed by atoms with Crippen LogP contribution >= 0.6 is 11.3 Å². The Kier molecular flexibility index (Phi) is 8.20. The zero-order valence-electron chi connectivity index (χ0n) is 20.1. The van der Waals surface area contributed by atoms with Crippen molar-refractivity contribution in [3.63, 3.8) is 0 Å². The van der Waals surface area contributed by atoms with E-state index in [1.165, 1.54) is 16.2 Å². The Hall–Kier alpha value is -3.88. The molecule has 2 aromatic heterocycles. The number of anilines is 1. The van der Waals surface area contributed by atoms with E-state index in [1.807, 2.05) is 78.3 Å². The number of benzene rings is 2. The molecule has 7 nitrogen and oxygen atoms in total. The van der Waals surface area contributed by atoms with Crippen molar-refractivity contribution in [3.8, 4) is 22.4 Å². The van der Waals surface area contributed by atoms with E-state index in [0.717, 1.165) is 33.6 Å². The van der Waals surface area contributed by atoms with E-state index in [0.29, 0.717) is 18.2 Å². The summed E-state index contributed by atoms with van der Waals surface area (Å²) >= 11 is 1.35. The first-order valence-electron chi connectivity index (χ1n) is 11.5. The number of methoxy groups -OCH3 is 1. The molecule has 184 valence electrons. The lowest BCUT2D eigenvalue weighted by Crippen LogP contribution is -2.35. The summed E-state index contributed by atoms with van der Waals surface area (Å²) in [5.74, 6) is -1.96. The summed E-state index contributed by atoms with van der Waals surface area (Å²) in [6, 6.07) is 21.3. The van der Waals surface area contributed by atoms with Gasteiger partial charge in [-0.3, -0.25) is 19.5 Å². The monoisotopic (exact) mass is 501 g/mol. The number of carboxylic acid groups (broad SMARTS) is 1. The largest absolute Gasteiger partial charge is 0.481 e. The molecule has 0 aliphatic heterocycles. The zero-order chi connectivity index (χ0) is 25.5. The number of aliphatic carboxylic acids is 1. The average Bonchev–Trinajstić information content (AvgIpc) is 3.39. The van der Waals surface area contributed by atoms with E-state index in [4.69, 9.17) is 9.72 Å². The van der Waals surface area contributed by atoms with Crippen LogP contribution in [0.1, 0.15) is 17.7 Å². The first-order valence-corrected chi connectivity index (χ1v) is 12.4. The SMILES string of the molecule is COCc1ccc(-c2ccccc2-c2csc(N(C)C(=O)C(CC(=O)O)Cc3ccccc3)n2)cn1. The van der Waals surface area contributed by atoms with Gasteiger partial charge in [-0.15, -0.1) is 11.3 Å². The predicted octanol–water partition coefficient (Wildman–Crippen LogP) is 5.31. The van der Waals surface area contributed by atoms with Crippen molar-refractivity contribution in [3.05, 3.63) is 89.6 Å². The van der Waals surface area contributed by atoms with Crippen LogP contribution in [0.15, 0.2) is 78.3 Å². The zero-order valence-corrected chi connectivity index (χ0v) is 20.9. The molecule has 0 saturated heterocycles. The van der Waals surface area contributed by atoms with E-state index < -0.39 is 11.9 Å². The van der Waals surface area contributed by atoms with Gasteiger partial charge in [0, 0.05) is 36.9 Å². The van der Waals surface area contributed by atoms with Gasteiger partial charge in [-0.2, -0.15) is 0 Å². The van der Waals surface area contributed by atoms with E-state index in [1.54, 1.807) is 14.2 Å². The van der Waals surface area contributed by atoms with Crippen LogP contribution in [0, 0.1) is 5.92 Å². The lowest BCUT2D eigenvalue weighted by molar-refractivity contribution is -0.140. The Labute approximate surface area is 214 Å². The van der Waals surface area contributed by atoms with Gasteiger partial charge in [0.25, 0.3) is 0 Å². The van der Waals surface area contributed by atoms with Crippen molar-refractivity contribution < 1.29 is 19.4 Å². The highest BCUT2D eigenvalue weighted by molar-refractivity contribution is 7.14. The first kappa shape index (κ1) is 25.2. The van der Waals surface area contributed by atoms with Crippen LogP contribution in [0.5, 0.6) is 0 Å². The van der Waals surface area contributed by atoms with Crippen molar-refractivity contribution >= 4 is 28.3 Å². The van der Waals surface area contributed by atoms with Gasteiger partial charge in [-0.1, -0.05) is 60.7 Å². The van der Waals surface area contributed by atoms with E-state index in [-0.39, 0.29) is 12.3 Å². The van der Waals surface area contributed by atoms with Crippen LogP contribution < -0.4 is 4.90 Å². The molecule has 0 aliphatic rings. The van der Waals surface area contributed by atoms with E-state index in [9.17, 15) is 14.7 Å². The molecular formula is C28H27N3O4S. The number of rotatable bonds is 10. The van der Waals surface area contributed by atoms with E-state index >= 15 is 0 Å². The van der Waals surface area contributed by atoms with Crippen LogP contribution in [-0.4, -0.2) is 41.1 Å². The van der Waals surface area contributed by atoms with Crippen LogP contribution in [0.3, 0.4) is 0 Å². The summed E-state index contributed by atoms with van der Waals surface area (Å²) in [5.41, 5.74) is 5.37. The number of amides is 1. The number of carboxylic acids is 1. The number of thiazole rings is 1. The molecule has 0 fully saturated rings. The number of pyridine rings is 1. The number of hydrogen-bond acceptors (Lipinski definition) is 6. The average molecular weight is 502 g/mol. The van der Waals surface area contributed by atoms with Gasteiger partial charge in [0.2, 0.25) is 5.91 Å². The van der Waals surface area contributed by atoms with Crippen molar-refractivity contribution in [2.45, 2.75) is 19.4 Å². The minimum absolute atomic E-state index is 0.245. The fraction of sp³-hybridized carbons (Fsp3) is 0.214. The molecule has 2 aromatic carbocycles. The lowest BCUT2D eigenvalue weighted by Gasteiger charge is -2.21. The van der Waals surface area contributed by atoms with Gasteiger partial charge in [0.15, 0.2) is 5.13 Å². The third kappa shape index (κ3) is 6.02. The number of aromatic nitrogens is 2. The highest BCUT2D eigenvalue weighted by Gasteiger charge is 2.27. The highest BCUT2D eigenvalue weighted by atomic mass is 32.1. The third-order valence-electron chi connectivity index (χ3n) is 5.84. The quantitative estimate of drug-likeness (QED) is 0.316. The number of carbonyl (C=O) groups excluding carboxylic acids is 1. The second kappa shape index (κ2) is 11.7. The Balaban J connectivity index is 1.58. The van der Waals surface area contributed by atoms with Gasteiger partial charge < -0.3 is 9.84 Å². The fourth-order valence-corrected chi connectivity index (χ4v) is 4.84. The number of nitrogens with zero attached hydrogens (tertiary/aromatic N) is 3. The summed E-state index contributed by atoms with van der Waals surface area (Å²) in [7, 11) is 3.28. The van der Waals surface area contributed by atoms with Gasteiger partial charge in [-0.05, 0) is 23.6 Å². The summed E-state index contributed by atoms with van der Waals surface area (Å²) in [4.78, 5) is 35.5. The molecule has 0 spiro atoms. The van der Waals surface area contributed by atoms with Gasteiger partial charge in [0.05, 0.1) is 30.3 Å². The molecule has 0 radical (unpaired) electrons. The molecule has 0 saturated carbocycles. The maximum atomic E-state index is 13.3. The highest BCUT2D eigenvalue weighted by Crippen LogP contribution is 2.34. The molecule has 8 heteroatoms. The summed E-state index contributed by atoms with van der Waals surface area (Å²) in [6.07, 6.45) is 1.92. The minimum atomic E-state index is -1.00. The molecular weight excluding hydrogens is 474 g/mol. The Bertz CT molecular complexity index is 1320. The first-order chi connectivity index (χ1) is 17.5. The van der Waals surface area contributed by atoms with Crippen LogP contribution in [0.25, 0.3) is 22.4 Å². The standard InChI is InChI=1S/C28H27N3O4S/c1-31(27(34)21(15-26(32)33)14-19-8-4-3-5-9-19)28-30-25(18-36-28)24-11-7-6-10-23(24)20-12-13-22(17-35-2)29-16-20/h3-13,16,18,21H,14-15,17H2,1-2H3,(H,32,33). The molecule has 1 amide bonds. The molecule has 0 aliphatic carbocycles. The minimum Gasteiger partial charge on any atom is -0.481 e.